The Labute approximate surface area is 146 Å². The third-order valence-electron chi connectivity index (χ3n) is 3.58. The molecular weight excluding hydrogens is 294 g/mol. The lowest BCUT2D eigenvalue weighted by atomic mass is 9.99. The standard InChI is InChI=1S/C17H17N3.2C2H6/c1-12(13-7-5-4-6-8-13)14-9-10-15-16(11-14)20(3)17(18-2)19-15;2*1-2/h4-11H,1H2,2-3H3,(H,18,19);2*1-2H3. The molecule has 0 bridgehead atoms. The molecule has 128 valence electrons. The van der Waals surface area contributed by atoms with Gasteiger partial charge in [-0.2, -0.15) is 0 Å². The monoisotopic (exact) mass is 323 g/mol. The van der Waals surface area contributed by atoms with Gasteiger partial charge in [0.25, 0.3) is 0 Å². The Balaban J connectivity index is 0.000000671. The topological polar surface area (TPSA) is 29.9 Å². The summed E-state index contributed by atoms with van der Waals surface area (Å²) >= 11 is 0. The number of anilines is 1. The van der Waals surface area contributed by atoms with Gasteiger partial charge in [0.2, 0.25) is 5.95 Å². The Bertz CT molecular complexity index is 770. The van der Waals surface area contributed by atoms with Gasteiger partial charge in [-0.1, -0.05) is 70.7 Å². The highest BCUT2D eigenvalue weighted by Gasteiger charge is 2.09. The van der Waals surface area contributed by atoms with E-state index < -0.39 is 0 Å². The lowest BCUT2D eigenvalue weighted by Crippen LogP contribution is -1.97. The second-order valence-electron chi connectivity index (χ2n) is 4.79. The van der Waals surface area contributed by atoms with Gasteiger partial charge >= 0.3 is 0 Å². The first-order chi connectivity index (χ1) is 11.7. The summed E-state index contributed by atoms with van der Waals surface area (Å²) < 4.78 is 2.05. The normalized spacial score (nSPS) is 9.42. The maximum Gasteiger partial charge on any atom is 0.203 e. The summed E-state index contributed by atoms with van der Waals surface area (Å²) in [6, 6.07) is 16.5. The summed E-state index contributed by atoms with van der Waals surface area (Å²) in [6.45, 7) is 12.2. The molecule has 0 atom stereocenters. The number of imidazole rings is 1. The van der Waals surface area contributed by atoms with Gasteiger partial charge in [-0.25, -0.2) is 4.98 Å². The van der Waals surface area contributed by atoms with Crippen LogP contribution in [-0.4, -0.2) is 16.6 Å². The number of rotatable bonds is 3. The highest BCUT2D eigenvalue weighted by atomic mass is 15.2. The highest BCUT2D eigenvalue weighted by molar-refractivity contribution is 5.86. The molecule has 1 aromatic heterocycles. The third kappa shape index (κ3) is 4.05. The molecule has 2 aromatic carbocycles. The average molecular weight is 323 g/mol. The molecular formula is C21H29N3. The van der Waals surface area contributed by atoms with E-state index in [4.69, 9.17) is 0 Å². The minimum Gasteiger partial charge on any atom is -0.359 e. The van der Waals surface area contributed by atoms with Crippen molar-refractivity contribution < 1.29 is 0 Å². The fourth-order valence-electron chi connectivity index (χ4n) is 2.41. The maximum atomic E-state index is 4.53. The Morgan fingerprint density at radius 2 is 1.58 bits per heavy atom. The molecule has 0 amide bonds. The number of fused-ring (bicyclic) bond motifs is 1. The molecule has 3 nitrogen and oxygen atoms in total. The molecule has 24 heavy (non-hydrogen) atoms. The zero-order chi connectivity index (χ0) is 18.1. The summed E-state index contributed by atoms with van der Waals surface area (Å²) in [5.41, 5.74) is 5.38. The molecule has 0 unspecified atom stereocenters. The number of hydrogen-bond acceptors (Lipinski definition) is 2. The van der Waals surface area contributed by atoms with Gasteiger partial charge in [0.05, 0.1) is 11.0 Å². The summed E-state index contributed by atoms with van der Waals surface area (Å²) in [5.74, 6) is 0.863. The molecule has 1 N–H and O–H groups in total. The van der Waals surface area contributed by atoms with Crippen LogP contribution in [0.15, 0.2) is 55.1 Å². The van der Waals surface area contributed by atoms with E-state index >= 15 is 0 Å². The van der Waals surface area contributed by atoms with Gasteiger partial charge < -0.3 is 9.88 Å². The molecule has 0 aliphatic rings. The summed E-state index contributed by atoms with van der Waals surface area (Å²) in [7, 11) is 3.89. The molecule has 3 aromatic rings. The van der Waals surface area contributed by atoms with Gasteiger partial charge in [-0.3, -0.25) is 0 Å². The van der Waals surface area contributed by atoms with Gasteiger partial charge in [0, 0.05) is 14.1 Å². The first-order valence-corrected chi connectivity index (χ1v) is 8.59. The lowest BCUT2D eigenvalue weighted by molar-refractivity contribution is 0.952. The number of nitrogens with one attached hydrogen (secondary N) is 1. The first kappa shape index (κ1) is 19.5. The molecule has 0 saturated carbocycles. The number of aromatic nitrogens is 2. The number of hydrogen-bond donors (Lipinski definition) is 1. The van der Waals surface area contributed by atoms with Crippen molar-refractivity contribution in [3.8, 4) is 0 Å². The van der Waals surface area contributed by atoms with E-state index in [-0.39, 0.29) is 0 Å². The molecule has 0 aliphatic heterocycles. The Hall–Kier alpha value is -2.55. The Kier molecular flexibility index (Phi) is 7.76. The van der Waals surface area contributed by atoms with Crippen molar-refractivity contribution in [3.63, 3.8) is 0 Å². The van der Waals surface area contributed by atoms with Crippen molar-refractivity contribution in [1.82, 2.24) is 9.55 Å². The number of aryl methyl sites for hydroxylation is 1. The van der Waals surface area contributed by atoms with Crippen molar-refractivity contribution >= 4 is 22.6 Å². The van der Waals surface area contributed by atoms with Gasteiger partial charge in [0.15, 0.2) is 0 Å². The maximum absolute atomic E-state index is 4.53. The van der Waals surface area contributed by atoms with Crippen LogP contribution in [-0.2, 0) is 7.05 Å². The largest absolute Gasteiger partial charge is 0.359 e. The fourth-order valence-corrected chi connectivity index (χ4v) is 2.41. The number of nitrogens with zero attached hydrogens (tertiary/aromatic N) is 2. The van der Waals surface area contributed by atoms with Gasteiger partial charge in [-0.15, -0.1) is 0 Å². The van der Waals surface area contributed by atoms with Crippen LogP contribution in [0.1, 0.15) is 38.8 Å². The van der Waals surface area contributed by atoms with E-state index in [0.717, 1.165) is 33.7 Å². The van der Waals surface area contributed by atoms with Crippen molar-refractivity contribution in [2.75, 3.05) is 12.4 Å². The van der Waals surface area contributed by atoms with Crippen molar-refractivity contribution in [2.45, 2.75) is 27.7 Å². The lowest BCUT2D eigenvalue weighted by Gasteiger charge is -2.07. The molecule has 0 radical (unpaired) electrons. The molecule has 0 saturated heterocycles. The Morgan fingerprint density at radius 1 is 0.958 bits per heavy atom. The second kappa shape index (κ2) is 9.56. The molecule has 3 heteroatoms. The van der Waals surface area contributed by atoms with Crippen LogP contribution in [0.5, 0.6) is 0 Å². The minimum atomic E-state index is 0.863. The average Bonchev–Trinajstić information content (AvgIpc) is 3.00. The zero-order valence-electron chi connectivity index (χ0n) is 15.7. The van der Waals surface area contributed by atoms with Crippen LogP contribution in [0.2, 0.25) is 0 Å². The van der Waals surface area contributed by atoms with Crippen LogP contribution in [0.4, 0.5) is 5.95 Å². The quantitative estimate of drug-likeness (QED) is 0.667. The van der Waals surface area contributed by atoms with Crippen LogP contribution < -0.4 is 5.32 Å². The zero-order valence-corrected chi connectivity index (χ0v) is 15.7. The van der Waals surface area contributed by atoms with Crippen molar-refractivity contribution in [2.24, 2.45) is 7.05 Å². The first-order valence-electron chi connectivity index (χ1n) is 8.59. The molecule has 0 fully saturated rings. The molecule has 3 rings (SSSR count). The van der Waals surface area contributed by atoms with Crippen LogP contribution in [0, 0.1) is 0 Å². The SMILES string of the molecule is C=C(c1ccccc1)c1ccc2nc(NC)n(C)c2c1.CC.CC. The van der Waals surface area contributed by atoms with E-state index in [1.165, 1.54) is 0 Å². The summed E-state index contributed by atoms with van der Waals surface area (Å²) in [5, 5.41) is 3.09. The van der Waals surface area contributed by atoms with E-state index in [2.05, 4.69) is 45.7 Å². The van der Waals surface area contributed by atoms with Crippen LogP contribution >= 0.6 is 0 Å². The smallest absolute Gasteiger partial charge is 0.203 e. The van der Waals surface area contributed by atoms with E-state index in [1.807, 2.05) is 66.1 Å². The van der Waals surface area contributed by atoms with Gasteiger partial charge in [-0.05, 0) is 28.8 Å². The highest BCUT2D eigenvalue weighted by Crippen LogP contribution is 2.26. The van der Waals surface area contributed by atoms with Crippen LogP contribution in [0.25, 0.3) is 16.6 Å². The van der Waals surface area contributed by atoms with E-state index in [9.17, 15) is 0 Å². The predicted molar refractivity (Wildman–Crippen MR) is 108 cm³/mol. The van der Waals surface area contributed by atoms with E-state index in [0.29, 0.717) is 0 Å². The number of benzene rings is 2. The Morgan fingerprint density at radius 3 is 2.17 bits per heavy atom. The summed E-state index contributed by atoms with van der Waals surface area (Å²) in [4.78, 5) is 4.53. The third-order valence-corrected chi connectivity index (χ3v) is 3.58. The molecule has 0 aliphatic carbocycles. The van der Waals surface area contributed by atoms with Crippen LogP contribution in [0.3, 0.4) is 0 Å². The molecule has 0 spiro atoms. The predicted octanol–water partition coefficient (Wildman–Crippen LogP) is 5.73. The summed E-state index contributed by atoms with van der Waals surface area (Å²) in [6.07, 6.45) is 0. The van der Waals surface area contributed by atoms with Crippen molar-refractivity contribution in [1.29, 1.82) is 0 Å². The fraction of sp³-hybridized carbons (Fsp3) is 0.286. The van der Waals surface area contributed by atoms with Gasteiger partial charge in [0.1, 0.15) is 0 Å². The van der Waals surface area contributed by atoms with Crippen molar-refractivity contribution in [3.05, 3.63) is 66.2 Å². The van der Waals surface area contributed by atoms with E-state index in [1.54, 1.807) is 0 Å². The molecule has 1 heterocycles. The minimum absolute atomic E-state index is 0.863. The second-order valence-corrected chi connectivity index (χ2v) is 4.79.